The van der Waals surface area contributed by atoms with Crippen molar-refractivity contribution >= 4 is 16.9 Å². The summed E-state index contributed by atoms with van der Waals surface area (Å²) in [5.74, 6) is 0.146. The lowest BCUT2D eigenvalue weighted by molar-refractivity contribution is 0.0695. The summed E-state index contributed by atoms with van der Waals surface area (Å²) in [7, 11) is 3.65. The van der Waals surface area contributed by atoms with Gasteiger partial charge in [0.25, 0.3) is 5.91 Å². The first-order valence-corrected chi connectivity index (χ1v) is 8.13. The zero-order valence-electron chi connectivity index (χ0n) is 14.2. The molecule has 0 radical (unpaired) electrons. The number of carbonyl (C=O) groups excluding carboxylic acids is 1. The smallest absolute Gasteiger partial charge is 0.254 e. The van der Waals surface area contributed by atoms with Crippen molar-refractivity contribution in [2.75, 3.05) is 13.6 Å². The van der Waals surface area contributed by atoms with Crippen LogP contribution < -0.4 is 0 Å². The molecule has 0 aromatic carbocycles. The lowest BCUT2D eigenvalue weighted by atomic mass is 10.0. The summed E-state index contributed by atoms with van der Waals surface area (Å²) in [6.45, 7) is 4.37. The van der Waals surface area contributed by atoms with E-state index in [0.717, 1.165) is 41.7 Å². The predicted octanol–water partition coefficient (Wildman–Crippen LogP) is 1.82. The maximum Gasteiger partial charge on any atom is 0.254 e. The second-order valence-electron chi connectivity index (χ2n) is 6.66. The number of aliphatic hydroxyl groups excluding tert-OH is 1. The summed E-state index contributed by atoms with van der Waals surface area (Å²) in [6.07, 6.45) is 2.57. The molecular weight excluding hydrogens is 292 g/mol. The number of amides is 1. The number of aromatic nitrogens is 3. The number of aryl methyl sites for hydroxylation is 3. The molecule has 1 fully saturated rings. The molecule has 1 N–H and O–H groups in total. The lowest BCUT2D eigenvalue weighted by Gasteiger charge is -2.23. The van der Waals surface area contributed by atoms with Gasteiger partial charge in [-0.1, -0.05) is 6.42 Å². The van der Waals surface area contributed by atoms with Gasteiger partial charge in [0.1, 0.15) is 0 Å². The fourth-order valence-corrected chi connectivity index (χ4v) is 3.61. The Kier molecular flexibility index (Phi) is 4.10. The van der Waals surface area contributed by atoms with Crippen molar-refractivity contribution in [2.45, 2.75) is 39.2 Å². The summed E-state index contributed by atoms with van der Waals surface area (Å²) >= 11 is 0. The van der Waals surface area contributed by atoms with Crippen molar-refractivity contribution < 1.29 is 9.90 Å². The summed E-state index contributed by atoms with van der Waals surface area (Å²) < 4.78 is 1.72. The number of aliphatic hydroxyl groups is 1. The number of nitrogens with zero attached hydrogens (tertiary/aromatic N) is 4. The van der Waals surface area contributed by atoms with Gasteiger partial charge >= 0.3 is 0 Å². The Hall–Kier alpha value is -1.95. The highest BCUT2D eigenvalue weighted by Gasteiger charge is 2.28. The van der Waals surface area contributed by atoms with Crippen molar-refractivity contribution in [2.24, 2.45) is 13.0 Å². The summed E-state index contributed by atoms with van der Waals surface area (Å²) in [5.41, 5.74) is 3.00. The van der Waals surface area contributed by atoms with E-state index in [-0.39, 0.29) is 17.9 Å². The molecule has 3 rings (SSSR count). The van der Waals surface area contributed by atoms with Gasteiger partial charge in [0, 0.05) is 32.3 Å². The minimum absolute atomic E-state index is 0.0318. The van der Waals surface area contributed by atoms with Crippen molar-refractivity contribution in [1.82, 2.24) is 19.7 Å². The Morgan fingerprint density at radius 2 is 2.17 bits per heavy atom. The zero-order valence-corrected chi connectivity index (χ0v) is 14.2. The lowest BCUT2D eigenvalue weighted by Crippen LogP contribution is -2.34. The van der Waals surface area contributed by atoms with Crippen LogP contribution >= 0.6 is 0 Å². The molecule has 2 atom stereocenters. The molecule has 0 aliphatic heterocycles. The second-order valence-corrected chi connectivity index (χ2v) is 6.66. The fourth-order valence-electron chi connectivity index (χ4n) is 3.61. The Bertz CT molecular complexity index is 753. The van der Waals surface area contributed by atoms with E-state index in [2.05, 4.69) is 10.1 Å². The van der Waals surface area contributed by atoms with E-state index in [1.165, 1.54) is 0 Å². The maximum absolute atomic E-state index is 12.9. The first-order valence-electron chi connectivity index (χ1n) is 8.13. The van der Waals surface area contributed by atoms with Gasteiger partial charge in [0.2, 0.25) is 0 Å². The van der Waals surface area contributed by atoms with E-state index < -0.39 is 0 Å². The average Bonchev–Trinajstić information content (AvgIpc) is 3.02. The minimum atomic E-state index is -0.287. The highest BCUT2D eigenvalue weighted by molar-refractivity contribution is 6.06. The van der Waals surface area contributed by atoms with E-state index in [1.807, 2.05) is 27.0 Å². The molecular formula is C17H24N4O2. The van der Waals surface area contributed by atoms with Crippen molar-refractivity contribution in [1.29, 1.82) is 0 Å². The molecule has 6 nitrogen and oxygen atoms in total. The maximum atomic E-state index is 12.9. The van der Waals surface area contributed by atoms with Crippen LogP contribution in [0.4, 0.5) is 0 Å². The van der Waals surface area contributed by atoms with Crippen LogP contribution in [0.25, 0.3) is 11.0 Å². The van der Waals surface area contributed by atoms with Crippen LogP contribution in [0.15, 0.2) is 6.07 Å². The molecule has 1 aliphatic carbocycles. The van der Waals surface area contributed by atoms with Crippen LogP contribution in [0.5, 0.6) is 0 Å². The topological polar surface area (TPSA) is 71.2 Å². The van der Waals surface area contributed by atoms with Crippen LogP contribution in [0.3, 0.4) is 0 Å². The highest BCUT2D eigenvalue weighted by atomic mass is 16.3. The number of carbonyl (C=O) groups is 1. The van der Waals surface area contributed by atoms with Gasteiger partial charge in [-0.2, -0.15) is 5.10 Å². The Morgan fingerprint density at radius 1 is 1.43 bits per heavy atom. The third kappa shape index (κ3) is 2.83. The van der Waals surface area contributed by atoms with E-state index in [4.69, 9.17) is 0 Å². The Labute approximate surface area is 136 Å². The van der Waals surface area contributed by atoms with Crippen LogP contribution in [-0.2, 0) is 7.05 Å². The van der Waals surface area contributed by atoms with Gasteiger partial charge in [0.15, 0.2) is 5.65 Å². The second kappa shape index (κ2) is 5.92. The van der Waals surface area contributed by atoms with Gasteiger partial charge in [-0.3, -0.25) is 9.48 Å². The first-order chi connectivity index (χ1) is 10.9. The molecule has 1 saturated carbocycles. The largest absolute Gasteiger partial charge is 0.393 e. The van der Waals surface area contributed by atoms with Crippen molar-refractivity contribution in [3.05, 3.63) is 23.0 Å². The van der Waals surface area contributed by atoms with Crippen molar-refractivity contribution in [3.63, 3.8) is 0 Å². The number of pyridine rings is 1. The van der Waals surface area contributed by atoms with E-state index >= 15 is 0 Å². The standard InChI is InChI=1S/C17H24N4O2/c1-10-8-13(15-11(2)19-21(4)16(15)18-10)17(23)20(3)9-12-6-5-7-14(12)22/h8,12,14,22H,5-7,9H2,1-4H3. The van der Waals surface area contributed by atoms with Crippen LogP contribution in [-0.4, -0.2) is 50.4 Å². The number of fused-ring (bicyclic) bond motifs is 1. The van der Waals surface area contributed by atoms with E-state index in [9.17, 15) is 9.90 Å². The van der Waals surface area contributed by atoms with Gasteiger partial charge in [-0.05, 0) is 32.8 Å². The molecule has 23 heavy (non-hydrogen) atoms. The normalized spacial score (nSPS) is 21.1. The van der Waals surface area contributed by atoms with E-state index in [1.54, 1.807) is 16.6 Å². The van der Waals surface area contributed by atoms with Gasteiger partial charge in [0.05, 0.1) is 22.7 Å². The van der Waals surface area contributed by atoms with Gasteiger partial charge in [-0.15, -0.1) is 0 Å². The minimum Gasteiger partial charge on any atom is -0.393 e. The Morgan fingerprint density at radius 3 is 2.83 bits per heavy atom. The molecule has 2 unspecified atom stereocenters. The quantitative estimate of drug-likeness (QED) is 0.937. The van der Waals surface area contributed by atoms with Crippen LogP contribution in [0.2, 0.25) is 0 Å². The number of hydrogen-bond donors (Lipinski definition) is 1. The van der Waals surface area contributed by atoms with Crippen LogP contribution in [0, 0.1) is 19.8 Å². The fraction of sp³-hybridized carbons (Fsp3) is 0.588. The zero-order chi connectivity index (χ0) is 16.7. The van der Waals surface area contributed by atoms with Gasteiger partial charge in [-0.25, -0.2) is 4.98 Å². The highest BCUT2D eigenvalue weighted by Crippen LogP contribution is 2.27. The molecule has 0 saturated heterocycles. The summed E-state index contributed by atoms with van der Waals surface area (Å²) in [5, 5.41) is 15.2. The molecule has 0 spiro atoms. The van der Waals surface area contributed by atoms with Crippen molar-refractivity contribution in [3.8, 4) is 0 Å². The molecule has 2 heterocycles. The Balaban J connectivity index is 1.94. The SMILES string of the molecule is Cc1cc(C(=O)N(C)CC2CCCC2O)c2c(C)nn(C)c2n1. The first kappa shape index (κ1) is 15.9. The van der Waals surface area contributed by atoms with Gasteiger partial charge < -0.3 is 10.0 Å². The molecule has 0 bridgehead atoms. The molecule has 124 valence electrons. The van der Waals surface area contributed by atoms with E-state index in [0.29, 0.717) is 12.1 Å². The number of hydrogen-bond acceptors (Lipinski definition) is 4. The third-order valence-corrected chi connectivity index (χ3v) is 4.80. The predicted molar refractivity (Wildman–Crippen MR) is 88.3 cm³/mol. The third-order valence-electron chi connectivity index (χ3n) is 4.80. The van der Waals surface area contributed by atoms with Crippen LogP contribution in [0.1, 0.15) is 41.0 Å². The summed E-state index contributed by atoms with van der Waals surface area (Å²) in [6, 6.07) is 1.83. The molecule has 2 aromatic heterocycles. The monoisotopic (exact) mass is 316 g/mol. The molecule has 2 aromatic rings. The molecule has 6 heteroatoms. The number of rotatable bonds is 3. The average molecular weight is 316 g/mol. The molecule has 1 aliphatic rings. The molecule has 1 amide bonds. The summed E-state index contributed by atoms with van der Waals surface area (Å²) in [4.78, 5) is 19.2.